The summed E-state index contributed by atoms with van der Waals surface area (Å²) in [5.41, 5.74) is 1.33. The summed E-state index contributed by atoms with van der Waals surface area (Å²) in [6, 6.07) is 11.9. The van der Waals surface area contributed by atoms with Crippen LogP contribution < -0.4 is 5.32 Å². The molecule has 1 amide bonds. The number of hydrogen-bond acceptors (Lipinski definition) is 4. The van der Waals surface area contributed by atoms with E-state index in [0.29, 0.717) is 5.56 Å². The molecule has 2 N–H and O–H groups in total. The van der Waals surface area contributed by atoms with E-state index in [4.69, 9.17) is 5.26 Å². The average Bonchev–Trinajstić information content (AvgIpc) is 2.45. The van der Waals surface area contributed by atoms with Crippen LogP contribution in [-0.4, -0.2) is 16.0 Å². The first-order chi connectivity index (χ1) is 9.20. The van der Waals surface area contributed by atoms with E-state index >= 15 is 0 Å². The van der Waals surface area contributed by atoms with Crippen molar-refractivity contribution in [3.05, 3.63) is 59.4 Å². The van der Waals surface area contributed by atoms with E-state index in [9.17, 15) is 9.90 Å². The predicted octanol–water partition coefficient (Wildman–Crippen LogP) is 1.59. The van der Waals surface area contributed by atoms with Gasteiger partial charge < -0.3 is 10.4 Å². The van der Waals surface area contributed by atoms with Gasteiger partial charge in [0, 0.05) is 12.7 Å². The van der Waals surface area contributed by atoms with E-state index in [1.54, 1.807) is 30.3 Å². The molecule has 1 heterocycles. The van der Waals surface area contributed by atoms with Crippen molar-refractivity contribution in [3.63, 3.8) is 0 Å². The SMILES string of the molecule is N#Cc1cccc(CNC(=O)c2ncccc2O)c1. The lowest BCUT2D eigenvalue weighted by Crippen LogP contribution is -2.23. The number of nitrogens with zero attached hydrogens (tertiary/aromatic N) is 2. The molecule has 0 aliphatic carbocycles. The molecule has 5 nitrogen and oxygen atoms in total. The minimum atomic E-state index is -0.458. The molecule has 0 aliphatic rings. The van der Waals surface area contributed by atoms with Gasteiger partial charge in [0.1, 0.15) is 5.75 Å². The van der Waals surface area contributed by atoms with Crippen molar-refractivity contribution in [3.8, 4) is 11.8 Å². The zero-order valence-corrected chi connectivity index (χ0v) is 10.00. The van der Waals surface area contributed by atoms with Gasteiger partial charge in [-0.3, -0.25) is 4.79 Å². The van der Waals surface area contributed by atoms with Gasteiger partial charge in [-0.05, 0) is 29.8 Å². The lowest BCUT2D eigenvalue weighted by atomic mass is 10.1. The molecule has 2 aromatic rings. The molecule has 1 aromatic carbocycles. The molecule has 0 atom stereocenters. The zero-order chi connectivity index (χ0) is 13.7. The van der Waals surface area contributed by atoms with E-state index < -0.39 is 5.91 Å². The molecular formula is C14H11N3O2. The second kappa shape index (κ2) is 5.65. The van der Waals surface area contributed by atoms with Crippen LogP contribution in [0.3, 0.4) is 0 Å². The number of nitriles is 1. The molecular weight excluding hydrogens is 242 g/mol. The van der Waals surface area contributed by atoms with Crippen LogP contribution in [0.4, 0.5) is 0 Å². The molecule has 5 heteroatoms. The predicted molar refractivity (Wildman–Crippen MR) is 68.2 cm³/mol. The molecule has 0 radical (unpaired) electrons. The number of hydrogen-bond donors (Lipinski definition) is 2. The van der Waals surface area contributed by atoms with Crippen molar-refractivity contribution in [2.75, 3.05) is 0 Å². The van der Waals surface area contributed by atoms with E-state index in [1.807, 2.05) is 6.07 Å². The smallest absolute Gasteiger partial charge is 0.273 e. The van der Waals surface area contributed by atoms with Gasteiger partial charge in [-0.15, -0.1) is 0 Å². The Balaban J connectivity index is 2.05. The Labute approximate surface area is 110 Å². The van der Waals surface area contributed by atoms with Gasteiger partial charge in [0.05, 0.1) is 11.6 Å². The fraction of sp³-hybridized carbons (Fsp3) is 0.0714. The second-order valence-corrected chi connectivity index (χ2v) is 3.87. The topological polar surface area (TPSA) is 86.0 Å². The normalized spacial score (nSPS) is 9.63. The number of carbonyl (C=O) groups is 1. The first-order valence-electron chi connectivity index (χ1n) is 5.62. The zero-order valence-electron chi connectivity index (χ0n) is 10.00. The van der Waals surface area contributed by atoms with Gasteiger partial charge in [-0.1, -0.05) is 12.1 Å². The maximum Gasteiger partial charge on any atom is 0.273 e. The Kier molecular flexibility index (Phi) is 3.74. The van der Waals surface area contributed by atoms with Gasteiger partial charge in [-0.25, -0.2) is 4.98 Å². The standard InChI is InChI=1S/C14H11N3O2/c15-8-10-3-1-4-11(7-10)9-17-14(19)13-12(18)5-2-6-16-13/h1-7,18H,9H2,(H,17,19). The van der Waals surface area contributed by atoms with Gasteiger partial charge in [0.2, 0.25) is 0 Å². The van der Waals surface area contributed by atoms with Gasteiger partial charge in [0.15, 0.2) is 5.69 Å². The highest BCUT2D eigenvalue weighted by Gasteiger charge is 2.11. The highest BCUT2D eigenvalue weighted by molar-refractivity contribution is 5.94. The van der Waals surface area contributed by atoms with E-state index in [1.165, 1.54) is 12.3 Å². The Morgan fingerprint density at radius 3 is 2.95 bits per heavy atom. The Bertz CT molecular complexity index is 647. The summed E-state index contributed by atoms with van der Waals surface area (Å²) in [4.78, 5) is 15.6. The summed E-state index contributed by atoms with van der Waals surface area (Å²) < 4.78 is 0. The summed E-state index contributed by atoms with van der Waals surface area (Å²) in [5, 5.41) is 20.9. The summed E-state index contributed by atoms with van der Waals surface area (Å²) in [5.74, 6) is -0.619. The van der Waals surface area contributed by atoms with Crippen LogP contribution in [-0.2, 0) is 6.54 Å². The maximum atomic E-state index is 11.8. The number of aromatic nitrogens is 1. The molecule has 0 aliphatic heterocycles. The highest BCUT2D eigenvalue weighted by atomic mass is 16.3. The molecule has 0 saturated heterocycles. The summed E-state index contributed by atoms with van der Waals surface area (Å²) in [6.07, 6.45) is 1.44. The largest absolute Gasteiger partial charge is 0.505 e. The van der Waals surface area contributed by atoms with Crippen molar-refractivity contribution in [1.29, 1.82) is 5.26 Å². The highest BCUT2D eigenvalue weighted by Crippen LogP contribution is 2.12. The minimum Gasteiger partial charge on any atom is -0.505 e. The fourth-order valence-electron chi connectivity index (χ4n) is 1.59. The van der Waals surface area contributed by atoms with Crippen LogP contribution in [0.15, 0.2) is 42.6 Å². The van der Waals surface area contributed by atoms with Crippen LogP contribution in [0.25, 0.3) is 0 Å². The molecule has 1 aromatic heterocycles. The molecule has 94 valence electrons. The monoisotopic (exact) mass is 253 g/mol. The Morgan fingerprint density at radius 1 is 1.37 bits per heavy atom. The van der Waals surface area contributed by atoms with E-state index in [-0.39, 0.29) is 18.0 Å². The number of rotatable bonds is 3. The average molecular weight is 253 g/mol. The number of nitrogens with one attached hydrogen (secondary N) is 1. The Hall–Kier alpha value is -2.87. The summed E-state index contributed by atoms with van der Waals surface area (Å²) in [6.45, 7) is 0.268. The third-order valence-corrected chi connectivity index (χ3v) is 2.51. The van der Waals surface area contributed by atoms with Gasteiger partial charge in [-0.2, -0.15) is 5.26 Å². The third-order valence-electron chi connectivity index (χ3n) is 2.51. The number of pyridine rings is 1. The van der Waals surface area contributed by atoms with Crippen molar-refractivity contribution in [2.45, 2.75) is 6.54 Å². The first kappa shape index (κ1) is 12.6. The van der Waals surface area contributed by atoms with Crippen molar-refractivity contribution < 1.29 is 9.90 Å². The molecule has 0 fully saturated rings. The number of benzene rings is 1. The third kappa shape index (κ3) is 3.07. The van der Waals surface area contributed by atoms with Crippen molar-refractivity contribution >= 4 is 5.91 Å². The molecule has 0 bridgehead atoms. The molecule has 0 unspecified atom stereocenters. The fourth-order valence-corrected chi connectivity index (χ4v) is 1.59. The van der Waals surface area contributed by atoms with Crippen LogP contribution in [0.1, 0.15) is 21.6 Å². The van der Waals surface area contributed by atoms with Gasteiger partial charge >= 0.3 is 0 Å². The van der Waals surface area contributed by atoms with E-state index in [2.05, 4.69) is 10.3 Å². The van der Waals surface area contributed by atoms with Crippen molar-refractivity contribution in [1.82, 2.24) is 10.3 Å². The van der Waals surface area contributed by atoms with Crippen LogP contribution in [0.5, 0.6) is 5.75 Å². The van der Waals surface area contributed by atoms with Crippen LogP contribution in [0, 0.1) is 11.3 Å². The first-order valence-corrected chi connectivity index (χ1v) is 5.62. The second-order valence-electron chi connectivity index (χ2n) is 3.87. The molecule has 0 saturated carbocycles. The molecule has 19 heavy (non-hydrogen) atoms. The van der Waals surface area contributed by atoms with Gasteiger partial charge in [0.25, 0.3) is 5.91 Å². The minimum absolute atomic E-state index is 0.0149. The van der Waals surface area contributed by atoms with E-state index in [0.717, 1.165) is 5.56 Å². The molecule has 0 spiro atoms. The number of amides is 1. The molecule has 2 rings (SSSR count). The van der Waals surface area contributed by atoms with Crippen LogP contribution in [0.2, 0.25) is 0 Å². The lowest BCUT2D eigenvalue weighted by molar-refractivity contribution is 0.0943. The summed E-state index contributed by atoms with van der Waals surface area (Å²) in [7, 11) is 0. The lowest BCUT2D eigenvalue weighted by Gasteiger charge is -2.06. The van der Waals surface area contributed by atoms with Crippen LogP contribution >= 0.6 is 0 Å². The number of carbonyl (C=O) groups excluding carboxylic acids is 1. The number of aromatic hydroxyl groups is 1. The Morgan fingerprint density at radius 2 is 2.21 bits per heavy atom. The quantitative estimate of drug-likeness (QED) is 0.869. The maximum absolute atomic E-state index is 11.8. The van der Waals surface area contributed by atoms with Crippen molar-refractivity contribution in [2.24, 2.45) is 0 Å². The summed E-state index contributed by atoms with van der Waals surface area (Å²) >= 11 is 0.